The topological polar surface area (TPSA) is 92.9 Å². The number of rotatable bonds is 5. The number of hydrogen-bond acceptors (Lipinski definition) is 6. The number of nitrogen functional groups attached to an aromatic ring is 1. The fourth-order valence-corrected chi connectivity index (χ4v) is 2.55. The van der Waals surface area contributed by atoms with E-state index >= 15 is 0 Å². The van der Waals surface area contributed by atoms with Crippen LogP contribution in [-0.4, -0.2) is 15.8 Å². The standard InChI is InChI=1S/C18H16IN5O/c1-11(25)12-2-6-14(7-3-12)23-17-16(20)18(22-10-21-17)24-15-8-4-13(19)5-9-15/h2-10H,20H2,1H3,(H2,21,22,23,24). The molecular weight excluding hydrogens is 429 g/mol. The average Bonchev–Trinajstić information content (AvgIpc) is 2.61. The summed E-state index contributed by atoms with van der Waals surface area (Å²) in [7, 11) is 0. The molecule has 0 saturated carbocycles. The molecule has 2 aromatic carbocycles. The van der Waals surface area contributed by atoms with Gasteiger partial charge in [-0.15, -0.1) is 0 Å². The maximum Gasteiger partial charge on any atom is 0.159 e. The van der Waals surface area contributed by atoms with Crippen molar-refractivity contribution in [1.29, 1.82) is 0 Å². The molecule has 0 aliphatic rings. The molecule has 1 heterocycles. The summed E-state index contributed by atoms with van der Waals surface area (Å²) in [5.41, 5.74) is 8.93. The molecular formula is C18H16IN5O. The van der Waals surface area contributed by atoms with Gasteiger partial charge >= 0.3 is 0 Å². The Bertz CT molecular complexity index is 894. The van der Waals surface area contributed by atoms with Crippen LogP contribution in [0.2, 0.25) is 0 Å². The Labute approximate surface area is 159 Å². The minimum Gasteiger partial charge on any atom is -0.393 e. The minimum atomic E-state index is 0.0251. The van der Waals surface area contributed by atoms with Gasteiger partial charge in [-0.3, -0.25) is 4.79 Å². The first kappa shape index (κ1) is 17.2. The Hall–Kier alpha value is -2.68. The number of carbonyl (C=O) groups is 1. The molecule has 3 aromatic rings. The third-order valence-corrected chi connectivity index (χ3v) is 4.26. The van der Waals surface area contributed by atoms with E-state index in [0.29, 0.717) is 22.9 Å². The molecule has 0 aliphatic carbocycles. The number of hydrogen-bond donors (Lipinski definition) is 3. The van der Waals surface area contributed by atoms with Gasteiger partial charge in [-0.1, -0.05) is 0 Å². The van der Waals surface area contributed by atoms with Crippen LogP contribution in [0, 0.1) is 3.57 Å². The smallest absolute Gasteiger partial charge is 0.159 e. The molecule has 3 rings (SSSR count). The van der Waals surface area contributed by atoms with Crippen molar-refractivity contribution in [2.75, 3.05) is 16.4 Å². The van der Waals surface area contributed by atoms with Gasteiger partial charge in [0, 0.05) is 20.5 Å². The monoisotopic (exact) mass is 445 g/mol. The van der Waals surface area contributed by atoms with Gasteiger partial charge in [0.2, 0.25) is 0 Å². The molecule has 1 aromatic heterocycles. The van der Waals surface area contributed by atoms with Gasteiger partial charge in [0.05, 0.1) is 0 Å². The number of nitrogens with one attached hydrogen (secondary N) is 2. The predicted octanol–water partition coefficient (Wildman–Crippen LogP) is 4.35. The highest BCUT2D eigenvalue weighted by atomic mass is 127. The van der Waals surface area contributed by atoms with Crippen LogP contribution in [0.15, 0.2) is 54.9 Å². The predicted molar refractivity (Wildman–Crippen MR) is 109 cm³/mol. The zero-order valence-corrected chi connectivity index (χ0v) is 15.6. The second-order valence-corrected chi connectivity index (χ2v) is 6.62. The molecule has 0 fully saturated rings. The van der Waals surface area contributed by atoms with Crippen LogP contribution in [0.25, 0.3) is 0 Å². The lowest BCUT2D eigenvalue weighted by atomic mass is 10.1. The van der Waals surface area contributed by atoms with Crippen molar-refractivity contribution >= 4 is 57.1 Å². The normalized spacial score (nSPS) is 10.3. The SMILES string of the molecule is CC(=O)c1ccc(Nc2ncnc(Nc3ccc(I)cc3)c2N)cc1. The van der Waals surface area contributed by atoms with Crippen LogP contribution < -0.4 is 16.4 Å². The first-order valence-electron chi connectivity index (χ1n) is 7.54. The van der Waals surface area contributed by atoms with Crippen molar-refractivity contribution in [3.05, 3.63) is 64.0 Å². The number of aromatic nitrogens is 2. The van der Waals surface area contributed by atoms with Gasteiger partial charge in [0.1, 0.15) is 12.0 Å². The van der Waals surface area contributed by atoms with Crippen LogP contribution in [-0.2, 0) is 0 Å². The zero-order chi connectivity index (χ0) is 17.8. The number of Topliss-reactive ketones (excluding diaryl/α,β-unsaturated/α-hetero) is 1. The largest absolute Gasteiger partial charge is 0.393 e. The Balaban J connectivity index is 1.80. The summed E-state index contributed by atoms with van der Waals surface area (Å²) >= 11 is 2.25. The summed E-state index contributed by atoms with van der Waals surface area (Å²) in [6.07, 6.45) is 1.44. The highest BCUT2D eigenvalue weighted by Gasteiger charge is 2.09. The highest BCUT2D eigenvalue weighted by molar-refractivity contribution is 14.1. The van der Waals surface area contributed by atoms with Crippen molar-refractivity contribution in [1.82, 2.24) is 9.97 Å². The molecule has 0 radical (unpaired) electrons. The minimum absolute atomic E-state index is 0.0251. The van der Waals surface area contributed by atoms with Gasteiger partial charge in [-0.05, 0) is 78.0 Å². The van der Waals surface area contributed by atoms with E-state index in [9.17, 15) is 4.79 Å². The number of carbonyl (C=O) groups excluding carboxylic acids is 1. The van der Waals surface area contributed by atoms with Crippen molar-refractivity contribution in [3.8, 4) is 0 Å². The quantitative estimate of drug-likeness (QED) is 0.400. The van der Waals surface area contributed by atoms with Crippen LogP contribution in [0.3, 0.4) is 0 Å². The maximum absolute atomic E-state index is 11.3. The van der Waals surface area contributed by atoms with Gasteiger partial charge < -0.3 is 16.4 Å². The van der Waals surface area contributed by atoms with Gasteiger partial charge in [0.25, 0.3) is 0 Å². The van der Waals surface area contributed by atoms with E-state index in [2.05, 4.69) is 43.2 Å². The third kappa shape index (κ3) is 4.24. The summed E-state index contributed by atoms with van der Waals surface area (Å²) in [5, 5.41) is 6.33. The van der Waals surface area contributed by atoms with Crippen molar-refractivity contribution < 1.29 is 4.79 Å². The van der Waals surface area contributed by atoms with Crippen LogP contribution >= 0.6 is 22.6 Å². The lowest BCUT2D eigenvalue weighted by molar-refractivity contribution is 0.101. The van der Waals surface area contributed by atoms with E-state index < -0.39 is 0 Å². The number of anilines is 5. The fraction of sp³-hybridized carbons (Fsp3) is 0.0556. The van der Waals surface area contributed by atoms with E-state index in [4.69, 9.17) is 5.73 Å². The molecule has 126 valence electrons. The average molecular weight is 445 g/mol. The number of nitrogens with zero attached hydrogens (tertiary/aromatic N) is 2. The molecule has 25 heavy (non-hydrogen) atoms. The molecule has 4 N–H and O–H groups in total. The molecule has 0 unspecified atom stereocenters. The first-order valence-corrected chi connectivity index (χ1v) is 8.62. The molecule has 0 aliphatic heterocycles. The molecule has 0 saturated heterocycles. The summed E-state index contributed by atoms with van der Waals surface area (Å²) in [5.74, 6) is 1.05. The Morgan fingerprint density at radius 2 is 1.40 bits per heavy atom. The number of nitrogens with two attached hydrogens (primary N) is 1. The first-order chi connectivity index (χ1) is 12.0. The van der Waals surface area contributed by atoms with Crippen molar-refractivity contribution in [2.24, 2.45) is 0 Å². The van der Waals surface area contributed by atoms with Gasteiger partial charge in [-0.2, -0.15) is 0 Å². The summed E-state index contributed by atoms with van der Waals surface area (Å²) in [4.78, 5) is 19.7. The molecule has 6 nitrogen and oxygen atoms in total. The van der Waals surface area contributed by atoms with E-state index in [0.717, 1.165) is 14.9 Å². The number of halogens is 1. The van der Waals surface area contributed by atoms with Gasteiger partial charge in [-0.25, -0.2) is 9.97 Å². The summed E-state index contributed by atoms with van der Waals surface area (Å²) < 4.78 is 1.15. The van der Waals surface area contributed by atoms with E-state index in [1.54, 1.807) is 12.1 Å². The number of ketones is 1. The highest BCUT2D eigenvalue weighted by Crippen LogP contribution is 2.28. The molecule has 0 bridgehead atoms. The maximum atomic E-state index is 11.3. The van der Waals surface area contributed by atoms with Crippen LogP contribution in [0.1, 0.15) is 17.3 Å². The van der Waals surface area contributed by atoms with Gasteiger partial charge in [0.15, 0.2) is 17.4 Å². The Morgan fingerprint density at radius 1 is 0.920 bits per heavy atom. The Kier molecular flexibility index (Phi) is 5.13. The van der Waals surface area contributed by atoms with E-state index in [1.807, 2.05) is 36.4 Å². The van der Waals surface area contributed by atoms with E-state index in [1.165, 1.54) is 13.3 Å². The number of benzene rings is 2. The fourth-order valence-electron chi connectivity index (χ4n) is 2.19. The second kappa shape index (κ2) is 7.47. The van der Waals surface area contributed by atoms with Crippen LogP contribution in [0.5, 0.6) is 0 Å². The van der Waals surface area contributed by atoms with E-state index in [-0.39, 0.29) is 5.78 Å². The third-order valence-electron chi connectivity index (χ3n) is 3.55. The lowest BCUT2D eigenvalue weighted by Crippen LogP contribution is -2.05. The molecule has 0 amide bonds. The molecule has 7 heteroatoms. The molecule has 0 atom stereocenters. The summed E-state index contributed by atoms with van der Waals surface area (Å²) in [6, 6.07) is 15.0. The summed E-state index contributed by atoms with van der Waals surface area (Å²) in [6.45, 7) is 1.54. The van der Waals surface area contributed by atoms with Crippen molar-refractivity contribution in [3.63, 3.8) is 0 Å². The molecule has 0 spiro atoms. The van der Waals surface area contributed by atoms with Crippen molar-refractivity contribution in [2.45, 2.75) is 6.92 Å². The lowest BCUT2D eigenvalue weighted by Gasteiger charge is -2.13. The Morgan fingerprint density at radius 3 is 1.88 bits per heavy atom. The second-order valence-electron chi connectivity index (χ2n) is 5.37. The van der Waals surface area contributed by atoms with Crippen LogP contribution in [0.4, 0.5) is 28.7 Å². The zero-order valence-electron chi connectivity index (χ0n) is 13.5.